The van der Waals surface area contributed by atoms with Gasteiger partial charge in [0.2, 0.25) is 17.7 Å². The van der Waals surface area contributed by atoms with Crippen molar-refractivity contribution in [3.63, 3.8) is 0 Å². The molecule has 0 radical (unpaired) electrons. The Morgan fingerprint density at radius 2 is 1.85 bits per heavy atom. The van der Waals surface area contributed by atoms with Crippen LogP contribution in [0.1, 0.15) is 30.9 Å². The first-order valence-electron chi connectivity index (χ1n) is 12.3. The number of benzene rings is 2. The predicted molar refractivity (Wildman–Crippen MR) is 130 cm³/mol. The first-order chi connectivity index (χ1) is 18.5. The summed E-state index contributed by atoms with van der Waals surface area (Å²) in [6, 6.07) is 14.2. The summed E-state index contributed by atoms with van der Waals surface area (Å²) in [5, 5.41) is 21.6. The van der Waals surface area contributed by atoms with Crippen LogP contribution < -0.4 is 9.64 Å². The Morgan fingerprint density at radius 1 is 1.13 bits per heavy atom. The third kappa shape index (κ3) is 3.62. The number of aliphatic hydroxyl groups excluding tert-OH is 1. The maximum atomic E-state index is 13.9. The van der Waals surface area contributed by atoms with Gasteiger partial charge in [-0.15, -0.1) is 0 Å². The quantitative estimate of drug-likeness (QED) is 0.490. The number of nitrogens with zero attached hydrogens (tertiary/aromatic N) is 3. The molecule has 6 rings (SSSR count). The Balaban J connectivity index is 1.30. The van der Waals surface area contributed by atoms with Gasteiger partial charge in [0, 0.05) is 35.9 Å². The number of nitriles is 1. The molecule has 200 valence electrons. The number of ether oxygens (including phenoxy) is 2. The zero-order chi connectivity index (χ0) is 27.7. The second-order valence-electron chi connectivity index (χ2n) is 10.3. The number of rotatable bonds is 5. The highest BCUT2D eigenvalue weighted by Crippen LogP contribution is 2.62. The minimum Gasteiger partial charge on any atom is -0.478 e. The first-order valence-corrected chi connectivity index (χ1v) is 12.3. The highest BCUT2D eigenvalue weighted by atomic mass is 19.4. The van der Waals surface area contributed by atoms with E-state index < -0.39 is 52.7 Å². The molecular weight excluding hydrogens is 515 g/mol. The summed E-state index contributed by atoms with van der Waals surface area (Å²) < 4.78 is 50.3. The predicted octanol–water partition coefficient (Wildman–Crippen LogP) is 3.99. The van der Waals surface area contributed by atoms with Gasteiger partial charge in [0.15, 0.2) is 0 Å². The minimum absolute atomic E-state index is 0.0326. The van der Waals surface area contributed by atoms with E-state index in [-0.39, 0.29) is 25.3 Å². The lowest BCUT2D eigenvalue weighted by atomic mass is 9.66. The largest absolute Gasteiger partial charge is 0.478 e. The molecule has 8 nitrogen and oxygen atoms in total. The van der Waals surface area contributed by atoms with E-state index in [0.717, 1.165) is 17.0 Å². The van der Waals surface area contributed by atoms with Gasteiger partial charge in [-0.3, -0.25) is 9.59 Å². The van der Waals surface area contributed by atoms with Gasteiger partial charge in [-0.25, -0.2) is 9.88 Å². The van der Waals surface area contributed by atoms with Crippen molar-refractivity contribution in [2.75, 3.05) is 11.5 Å². The Bertz CT molecular complexity index is 1550. The number of pyridine rings is 1. The summed E-state index contributed by atoms with van der Waals surface area (Å²) in [5.74, 6) is -2.82. The van der Waals surface area contributed by atoms with Gasteiger partial charge in [-0.05, 0) is 25.1 Å². The lowest BCUT2D eigenvalue weighted by Gasteiger charge is -2.33. The molecule has 3 saturated heterocycles. The van der Waals surface area contributed by atoms with Crippen LogP contribution in [0.5, 0.6) is 5.88 Å². The van der Waals surface area contributed by atoms with Crippen molar-refractivity contribution in [3.8, 4) is 11.9 Å². The second-order valence-corrected chi connectivity index (χ2v) is 10.3. The molecule has 3 fully saturated rings. The zero-order valence-corrected chi connectivity index (χ0v) is 20.6. The van der Waals surface area contributed by atoms with Crippen LogP contribution in [0.4, 0.5) is 18.9 Å². The van der Waals surface area contributed by atoms with Crippen molar-refractivity contribution >= 4 is 28.3 Å². The van der Waals surface area contributed by atoms with Gasteiger partial charge in [0.05, 0.1) is 53.0 Å². The Labute approximate surface area is 220 Å². The number of amides is 2. The molecule has 0 aliphatic carbocycles. The van der Waals surface area contributed by atoms with Crippen molar-refractivity contribution in [1.29, 1.82) is 5.26 Å². The van der Waals surface area contributed by atoms with Crippen LogP contribution in [0.15, 0.2) is 54.7 Å². The van der Waals surface area contributed by atoms with E-state index in [0.29, 0.717) is 28.2 Å². The van der Waals surface area contributed by atoms with Crippen LogP contribution in [0, 0.1) is 23.2 Å². The molecule has 39 heavy (non-hydrogen) atoms. The molecule has 2 bridgehead atoms. The highest BCUT2D eigenvalue weighted by Gasteiger charge is 2.77. The molecule has 11 heteroatoms. The Morgan fingerprint density at radius 3 is 2.51 bits per heavy atom. The number of carbonyl (C=O) groups excluding carboxylic acids is 2. The van der Waals surface area contributed by atoms with E-state index in [1.54, 1.807) is 43.3 Å². The monoisotopic (exact) mass is 537 g/mol. The number of halogens is 3. The molecule has 0 saturated carbocycles. The molecule has 5 unspecified atom stereocenters. The topological polar surface area (TPSA) is 113 Å². The summed E-state index contributed by atoms with van der Waals surface area (Å²) >= 11 is 0. The molecule has 2 aromatic carbocycles. The number of aromatic nitrogens is 1. The van der Waals surface area contributed by atoms with Crippen LogP contribution in [-0.4, -0.2) is 45.8 Å². The van der Waals surface area contributed by atoms with Gasteiger partial charge in [-0.2, -0.15) is 18.4 Å². The van der Waals surface area contributed by atoms with Gasteiger partial charge in [-0.1, -0.05) is 24.3 Å². The number of imide groups is 1. The first kappa shape index (κ1) is 25.3. The molecular formula is C28H22F3N3O5. The molecule has 1 N–H and O–H groups in total. The van der Waals surface area contributed by atoms with Crippen LogP contribution >= 0.6 is 0 Å². The maximum absolute atomic E-state index is 13.9. The number of carbonyl (C=O) groups is 2. The highest BCUT2D eigenvalue weighted by molar-refractivity contribution is 6.26. The van der Waals surface area contributed by atoms with Crippen LogP contribution in [0.3, 0.4) is 0 Å². The number of alkyl halides is 3. The smallest absolute Gasteiger partial charge is 0.417 e. The normalized spacial score (nSPS) is 29.6. The molecule has 4 heterocycles. The van der Waals surface area contributed by atoms with Crippen molar-refractivity contribution in [2.24, 2.45) is 11.8 Å². The van der Waals surface area contributed by atoms with E-state index in [1.807, 2.05) is 0 Å². The third-order valence-corrected chi connectivity index (χ3v) is 8.22. The zero-order valence-electron chi connectivity index (χ0n) is 20.6. The fourth-order valence-electron chi connectivity index (χ4n) is 6.40. The fraction of sp³-hybridized carbons (Fsp3) is 0.357. The van der Waals surface area contributed by atoms with Crippen LogP contribution in [0.2, 0.25) is 0 Å². The summed E-state index contributed by atoms with van der Waals surface area (Å²) in [6.45, 7) is 1.56. The molecule has 3 aromatic rings. The molecule has 2 amide bonds. The van der Waals surface area contributed by atoms with Crippen LogP contribution in [-0.2, 0) is 20.5 Å². The number of anilines is 1. The van der Waals surface area contributed by atoms with Crippen LogP contribution in [0.25, 0.3) is 10.8 Å². The van der Waals surface area contributed by atoms with E-state index >= 15 is 0 Å². The van der Waals surface area contributed by atoms with E-state index in [2.05, 4.69) is 11.1 Å². The Kier molecular flexibility index (Phi) is 5.51. The van der Waals surface area contributed by atoms with Crippen molar-refractivity contribution in [3.05, 3.63) is 65.9 Å². The number of hydrogen-bond donors (Lipinski definition) is 1. The van der Waals surface area contributed by atoms with Gasteiger partial charge in [0.1, 0.15) is 5.60 Å². The maximum Gasteiger partial charge on any atom is 0.417 e. The number of fused-ring (bicyclic) bond motifs is 6. The molecule has 5 atom stereocenters. The van der Waals surface area contributed by atoms with Crippen molar-refractivity contribution < 1.29 is 37.3 Å². The average molecular weight is 537 g/mol. The average Bonchev–Trinajstić information content (AvgIpc) is 3.44. The summed E-state index contributed by atoms with van der Waals surface area (Å²) in [4.78, 5) is 32.6. The molecule has 3 aliphatic heterocycles. The van der Waals surface area contributed by atoms with E-state index in [9.17, 15) is 33.1 Å². The lowest BCUT2D eigenvalue weighted by Crippen LogP contribution is -2.49. The Hall–Kier alpha value is -4.01. The van der Waals surface area contributed by atoms with Gasteiger partial charge in [0.25, 0.3) is 0 Å². The summed E-state index contributed by atoms with van der Waals surface area (Å²) in [5.41, 5.74) is -2.66. The van der Waals surface area contributed by atoms with E-state index in [4.69, 9.17) is 9.47 Å². The van der Waals surface area contributed by atoms with Gasteiger partial charge >= 0.3 is 6.18 Å². The number of aliphatic hydroxyl groups is 1. The van der Waals surface area contributed by atoms with E-state index in [1.165, 1.54) is 0 Å². The fourth-order valence-corrected chi connectivity index (χ4v) is 6.40. The van der Waals surface area contributed by atoms with Gasteiger partial charge < -0.3 is 14.6 Å². The molecule has 1 aromatic heterocycles. The summed E-state index contributed by atoms with van der Waals surface area (Å²) in [7, 11) is 0. The third-order valence-electron chi connectivity index (χ3n) is 8.22. The van der Waals surface area contributed by atoms with Crippen molar-refractivity contribution in [1.82, 2.24) is 4.98 Å². The standard InChI is InChI=1S/C28H22F3N3O5/c1-26-20(35)12-27(39-26,10-11-38-21-9-7-16(14-33-21)28(29,30)31)23-22(26)24(36)34(25(23)37)19-8-6-15(13-32)17-4-2-3-5-18(17)19/h2-9,14,20,22-23,35H,10-12H2,1H3. The SMILES string of the molecule is CC12OC(CCOc3ccc(C(F)(F)F)cn3)(CC1O)C1C(=O)N(c3ccc(C#N)c4ccccc34)C(=O)C12. The molecule has 3 aliphatic rings. The second kappa shape index (κ2) is 8.49. The summed E-state index contributed by atoms with van der Waals surface area (Å²) in [6.07, 6.45) is -4.67. The van der Waals surface area contributed by atoms with Crippen molar-refractivity contribution in [2.45, 2.75) is 43.2 Å². The molecule has 0 spiro atoms. The minimum atomic E-state index is -4.52. The number of hydrogen-bond acceptors (Lipinski definition) is 7. The lowest BCUT2D eigenvalue weighted by molar-refractivity contribution is -0.138.